The van der Waals surface area contributed by atoms with Crippen molar-refractivity contribution in [2.75, 3.05) is 13.1 Å². The molecule has 0 saturated carbocycles. The predicted octanol–water partition coefficient (Wildman–Crippen LogP) is 1.69. The standard InChI is InChI=1S/C13H24N2O3/c1-13(2,3)18-12(17)15-7-5-4-6-10(15)8-11(16)9-14/h10H,4-9,14H2,1-3H3. The Hall–Kier alpha value is -1.10. The van der Waals surface area contributed by atoms with Crippen molar-refractivity contribution in [3.63, 3.8) is 0 Å². The van der Waals surface area contributed by atoms with Crippen LogP contribution in [0.15, 0.2) is 0 Å². The van der Waals surface area contributed by atoms with Gasteiger partial charge in [0.2, 0.25) is 0 Å². The predicted molar refractivity (Wildman–Crippen MR) is 69.3 cm³/mol. The summed E-state index contributed by atoms with van der Waals surface area (Å²) in [6.07, 6.45) is 2.88. The Bertz CT molecular complexity index is 310. The van der Waals surface area contributed by atoms with Crippen LogP contribution in [0, 0.1) is 0 Å². The molecule has 1 unspecified atom stereocenters. The van der Waals surface area contributed by atoms with Gasteiger partial charge in [-0.05, 0) is 40.0 Å². The number of likely N-dealkylation sites (tertiary alicyclic amines) is 1. The van der Waals surface area contributed by atoms with Crippen molar-refractivity contribution >= 4 is 11.9 Å². The molecule has 5 nitrogen and oxygen atoms in total. The van der Waals surface area contributed by atoms with E-state index in [0.29, 0.717) is 13.0 Å². The Morgan fingerprint density at radius 1 is 1.33 bits per heavy atom. The molecule has 1 saturated heterocycles. The molecule has 1 atom stereocenters. The lowest BCUT2D eigenvalue weighted by molar-refractivity contribution is -0.119. The highest BCUT2D eigenvalue weighted by molar-refractivity contribution is 5.81. The third-order valence-electron chi connectivity index (χ3n) is 2.95. The van der Waals surface area contributed by atoms with Gasteiger partial charge in [0, 0.05) is 19.0 Å². The Morgan fingerprint density at radius 3 is 2.56 bits per heavy atom. The van der Waals surface area contributed by atoms with Crippen LogP contribution in [0.25, 0.3) is 0 Å². The minimum absolute atomic E-state index is 0.00420. The average molecular weight is 256 g/mol. The summed E-state index contributed by atoms with van der Waals surface area (Å²) in [7, 11) is 0. The monoisotopic (exact) mass is 256 g/mol. The van der Waals surface area contributed by atoms with E-state index in [1.54, 1.807) is 4.90 Å². The number of carbonyl (C=O) groups is 2. The first-order chi connectivity index (χ1) is 8.33. The molecular weight excluding hydrogens is 232 g/mol. The van der Waals surface area contributed by atoms with Crippen molar-refractivity contribution in [3.8, 4) is 0 Å². The molecule has 0 spiro atoms. The lowest BCUT2D eigenvalue weighted by atomic mass is 9.98. The van der Waals surface area contributed by atoms with E-state index in [4.69, 9.17) is 10.5 Å². The average Bonchev–Trinajstić information content (AvgIpc) is 2.27. The number of carbonyl (C=O) groups excluding carboxylic acids is 2. The molecule has 0 aromatic rings. The molecule has 5 heteroatoms. The molecule has 1 aliphatic heterocycles. The number of Topliss-reactive ketones (excluding diaryl/α,β-unsaturated/α-hetero) is 1. The quantitative estimate of drug-likeness (QED) is 0.834. The minimum Gasteiger partial charge on any atom is -0.444 e. The van der Waals surface area contributed by atoms with E-state index in [9.17, 15) is 9.59 Å². The molecule has 2 N–H and O–H groups in total. The first-order valence-electron chi connectivity index (χ1n) is 6.55. The third-order valence-corrected chi connectivity index (χ3v) is 2.95. The van der Waals surface area contributed by atoms with Gasteiger partial charge < -0.3 is 15.4 Å². The van der Waals surface area contributed by atoms with Gasteiger partial charge in [0.25, 0.3) is 0 Å². The first kappa shape index (κ1) is 15.0. The van der Waals surface area contributed by atoms with Gasteiger partial charge in [-0.1, -0.05) is 0 Å². The Kier molecular flexibility index (Phi) is 5.14. The highest BCUT2D eigenvalue weighted by Gasteiger charge is 2.31. The summed E-state index contributed by atoms with van der Waals surface area (Å²) in [4.78, 5) is 25.2. The molecule has 0 radical (unpaired) electrons. The molecule has 1 heterocycles. The van der Waals surface area contributed by atoms with Crippen molar-refractivity contribution < 1.29 is 14.3 Å². The topological polar surface area (TPSA) is 72.6 Å². The molecule has 104 valence electrons. The molecule has 1 aliphatic rings. The van der Waals surface area contributed by atoms with Crippen molar-refractivity contribution in [1.29, 1.82) is 0 Å². The second-order valence-corrected chi connectivity index (χ2v) is 5.77. The van der Waals surface area contributed by atoms with Crippen molar-refractivity contribution in [3.05, 3.63) is 0 Å². The van der Waals surface area contributed by atoms with E-state index in [1.807, 2.05) is 20.8 Å². The third kappa shape index (κ3) is 4.64. The Labute approximate surface area is 109 Å². The first-order valence-corrected chi connectivity index (χ1v) is 6.55. The van der Waals surface area contributed by atoms with Gasteiger partial charge in [0.15, 0.2) is 0 Å². The fourth-order valence-corrected chi connectivity index (χ4v) is 2.12. The number of piperidine rings is 1. The molecule has 0 aliphatic carbocycles. The number of nitrogens with two attached hydrogens (primary N) is 1. The maximum absolute atomic E-state index is 12.1. The van der Waals surface area contributed by atoms with Crippen LogP contribution >= 0.6 is 0 Å². The van der Waals surface area contributed by atoms with E-state index < -0.39 is 5.60 Å². The number of hydrogen-bond donors (Lipinski definition) is 1. The van der Waals surface area contributed by atoms with Gasteiger partial charge in [0.1, 0.15) is 11.4 Å². The van der Waals surface area contributed by atoms with E-state index in [-0.39, 0.29) is 24.5 Å². The molecule has 0 aromatic carbocycles. The van der Waals surface area contributed by atoms with Crippen molar-refractivity contribution in [2.24, 2.45) is 5.73 Å². The number of rotatable bonds is 3. The highest BCUT2D eigenvalue weighted by Crippen LogP contribution is 2.22. The second kappa shape index (κ2) is 6.18. The summed E-state index contributed by atoms with van der Waals surface area (Å²) >= 11 is 0. The zero-order valence-electron chi connectivity index (χ0n) is 11.6. The van der Waals surface area contributed by atoms with Gasteiger partial charge in [0.05, 0.1) is 6.54 Å². The van der Waals surface area contributed by atoms with Gasteiger partial charge in [-0.3, -0.25) is 4.79 Å². The SMILES string of the molecule is CC(C)(C)OC(=O)N1CCCCC1CC(=O)CN. The maximum Gasteiger partial charge on any atom is 0.410 e. The van der Waals surface area contributed by atoms with E-state index in [1.165, 1.54) is 0 Å². The van der Waals surface area contributed by atoms with E-state index in [2.05, 4.69) is 0 Å². The summed E-state index contributed by atoms with van der Waals surface area (Å²) in [5.41, 5.74) is 4.83. The highest BCUT2D eigenvalue weighted by atomic mass is 16.6. The number of hydrogen-bond acceptors (Lipinski definition) is 4. The number of ether oxygens (including phenoxy) is 1. The Balaban J connectivity index is 2.64. The van der Waals surface area contributed by atoms with E-state index in [0.717, 1.165) is 19.3 Å². The van der Waals surface area contributed by atoms with Gasteiger partial charge in [-0.15, -0.1) is 0 Å². The number of amides is 1. The zero-order valence-corrected chi connectivity index (χ0v) is 11.6. The number of nitrogens with zero attached hydrogens (tertiary/aromatic N) is 1. The fraction of sp³-hybridized carbons (Fsp3) is 0.846. The second-order valence-electron chi connectivity index (χ2n) is 5.77. The summed E-state index contributed by atoms with van der Waals surface area (Å²) < 4.78 is 5.37. The Morgan fingerprint density at radius 2 is 2.00 bits per heavy atom. The maximum atomic E-state index is 12.1. The summed E-state index contributed by atoms with van der Waals surface area (Å²) in [5, 5.41) is 0. The van der Waals surface area contributed by atoms with Crippen molar-refractivity contribution in [1.82, 2.24) is 4.90 Å². The molecule has 1 rings (SSSR count). The van der Waals surface area contributed by atoms with Gasteiger partial charge >= 0.3 is 6.09 Å². The molecule has 1 fully saturated rings. The van der Waals surface area contributed by atoms with Crippen LogP contribution in [-0.4, -0.2) is 41.5 Å². The summed E-state index contributed by atoms with van der Waals surface area (Å²) in [6, 6.07) is -0.0513. The van der Waals surface area contributed by atoms with Crippen LogP contribution in [0.1, 0.15) is 46.5 Å². The van der Waals surface area contributed by atoms with Crippen LogP contribution in [0.3, 0.4) is 0 Å². The van der Waals surface area contributed by atoms with Crippen LogP contribution in [0.2, 0.25) is 0 Å². The lowest BCUT2D eigenvalue weighted by Crippen LogP contribution is -2.47. The van der Waals surface area contributed by atoms with Crippen LogP contribution < -0.4 is 5.73 Å². The fourth-order valence-electron chi connectivity index (χ4n) is 2.12. The molecule has 0 aromatic heterocycles. The van der Waals surface area contributed by atoms with E-state index >= 15 is 0 Å². The molecular formula is C13H24N2O3. The van der Waals surface area contributed by atoms with Crippen LogP contribution in [-0.2, 0) is 9.53 Å². The number of ketones is 1. The van der Waals surface area contributed by atoms with Gasteiger partial charge in [-0.2, -0.15) is 0 Å². The normalized spacial score (nSPS) is 20.7. The minimum atomic E-state index is -0.503. The van der Waals surface area contributed by atoms with Crippen molar-refractivity contribution in [2.45, 2.75) is 58.1 Å². The van der Waals surface area contributed by atoms with Crippen LogP contribution in [0.4, 0.5) is 4.79 Å². The molecule has 18 heavy (non-hydrogen) atoms. The smallest absolute Gasteiger partial charge is 0.410 e. The van der Waals surface area contributed by atoms with Gasteiger partial charge in [-0.25, -0.2) is 4.79 Å². The molecule has 1 amide bonds. The lowest BCUT2D eigenvalue weighted by Gasteiger charge is -2.36. The summed E-state index contributed by atoms with van der Waals surface area (Å²) in [5.74, 6) is -0.00420. The van der Waals surface area contributed by atoms with Crippen LogP contribution in [0.5, 0.6) is 0 Å². The molecule has 0 bridgehead atoms. The largest absolute Gasteiger partial charge is 0.444 e. The zero-order chi connectivity index (χ0) is 13.8. The summed E-state index contributed by atoms with van der Waals surface area (Å²) in [6.45, 7) is 6.23.